The Labute approximate surface area is 131 Å². The highest BCUT2D eigenvalue weighted by molar-refractivity contribution is 7.06. The van der Waals surface area contributed by atoms with Gasteiger partial charge in [-0.25, -0.2) is 8.76 Å². The van der Waals surface area contributed by atoms with Crippen LogP contribution in [0.1, 0.15) is 28.6 Å². The Morgan fingerprint density at radius 2 is 2.18 bits per heavy atom. The molecule has 0 saturated heterocycles. The van der Waals surface area contributed by atoms with Crippen molar-refractivity contribution in [2.75, 3.05) is 6.54 Å². The van der Waals surface area contributed by atoms with E-state index in [-0.39, 0.29) is 18.5 Å². The summed E-state index contributed by atoms with van der Waals surface area (Å²) in [6.07, 6.45) is 2.29. The van der Waals surface area contributed by atoms with Crippen molar-refractivity contribution >= 4 is 23.4 Å². The molecule has 1 heterocycles. The number of nitrogens with one attached hydrogen (secondary N) is 1. The van der Waals surface area contributed by atoms with Gasteiger partial charge >= 0.3 is 5.97 Å². The summed E-state index contributed by atoms with van der Waals surface area (Å²) >= 11 is 1.37. The lowest BCUT2D eigenvalue weighted by Crippen LogP contribution is -2.26. The van der Waals surface area contributed by atoms with Crippen LogP contribution in [0.2, 0.25) is 0 Å². The van der Waals surface area contributed by atoms with Crippen molar-refractivity contribution in [2.45, 2.75) is 19.8 Å². The fraction of sp³-hybridized carbons (Fsp3) is 0.267. The molecule has 2 rings (SSSR count). The molecular weight excluding hydrogens is 307 g/mol. The smallest absolute Gasteiger partial charge is 0.305 e. The quantitative estimate of drug-likeness (QED) is 0.857. The lowest BCUT2D eigenvalue weighted by Gasteiger charge is -2.07. The van der Waals surface area contributed by atoms with Crippen LogP contribution in [-0.4, -0.2) is 27.9 Å². The predicted molar refractivity (Wildman–Crippen MR) is 81.5 cm³/mol. The van der Waals surface area contributed by atoms with Crippen LogP contribution in [0.4, 0.5) is 4.39 Å². The van der Waals surface area contributed by atoms with Gasteiger partial charge in [0.1, 0.15) is 5.82 Å². The minimum atomic E-state index is -1.02. The number of carbonyl (C=O) groups excluding carboxylic acids is 1. The van der Waals surface area contributed by atoms with Gasteiger partial charge in [0, 0.05) is 23.2 Å². The van der Waals surface area contributed by atoms with Gasteiger partial charge in [-0.05, 0) is 35.6 Å². The third-order valence-electron chi connectivity index (χ3n) is 3.11. The number of carboxylic acid groups (broad SMARTS) is 1. The number of aromatic nitrogens is 1. The van der Waals surface area contributed by atoms with E-state index in [1.54, 1.807) is 12.3 Å². The number of aryl methyl sites for hydroxylation is 1. The first-order valence-electron chi connectivity index (χ1n) is 6.76. The normalized spacial score (nSPS) is 10.5. The number of hydrogen-bond donors (Lipinski definition) is 2. The van der Waals surface area contributed by atoms with Crippen molar-refractivity contribution in [3.05, 3.63) is 40.7 Å². The SMILES string of the molecule is CCc1sncc1-c1ccc(F)c(C(=O)NCCC(=O)O)c1. The first-order valence-corrected chi connectivity index (χ1v) is 7.53. The highest BCUT2D eigenvalue weighted by Crippen LogP contribution is 2.28. The Hall–Kier alpha value is -2.28. The minimum Gasteiger partial charge on any atom is -0.481 e. The summed E-state index contributed by atoms with van der Waals surface area (Å²) in [5, 5.41) is 10.9. The van der Waals surface area contributed by atoms with Crippen LogP contribution in [0, 0.1) is 5.82 Å². The standard InChI is InChI=1S/C15H15FN2O3S/c1-2-13-11(8-18-22-13)9-3-4-12(16)10(7-9)15(21)17-6-5-14(19)20/h3-4,7-8H,2,5-6H2,1H3,(H,17,21)(H,19,20). The molecule has 1 aromatic heterocycles. The Kier molecular flexibility index (Phi) is 5.21. The number of aliphatic carboxylic acids is 1. The summed E-state index contributed by atoms with van der Waals surface area (Å²) < 4.78 is 18.0. The monoisotopic (exact) mass is 322 g/mol. The van der Waals surface area contributed by atoms with E-state index in [4.69, 9.17) is 5.11 Å². The molecule has 0 unspecified atom stereocenters. The number of hydrogen-bond acceptors (Lipinski definition) is 4. The molecule has 7 heteroatoms. The van der Waals surface area contributed by atoms with E-state index in [0.29, 0.717) is 0 Å². The van der Waals surface area contributed by atoms with Crippen molar-refractivity contribution in [1.82, 2.24) is 9.69 Å². The molecule has 0 saturated carbocycles. The second kappa shape index (κ2) is 7.13. The molecule has 0 fully saturated rings. The Balaban J connectivity index is 2.23. The van der Waals surface area contributed by atoms with Gasteiger partial charge in [-0.15, -0.1) is 0 Å². The summed E-state index contributed by atoms with van der Waals surface area (Å²) in [5.41, 5.74) is 1.50. The largest absolute Gasteiger partial charge is 0.481 e. The first kappa shape index (κ1) is 16.1. The number of nitrogens with zero attached hydrogens (tertiary/aromatic N) is 1. The first-order chi connectivity index (χ1) is 10.5. The molecule has 1 amide bonds. The Bertz CT molecular complexity index is 700. The summed E-state index contributed by atoms with van der Waals surface area (Å²) in [5.74, 6) is -2.29. The van der Waals surface area contributed by atoms with Gasteiger partial charge in [0.2, 0.25) is 0 Å². The molecule has 22 heavy (non-hydrogen) atoms. The van der Waals surface area contributed by atoms with Crippen LogP contribution in [-0.2, 0) is 11.2 Å². The Morgan fingerprint density at radius 1 is 1.41 bits per heavy atom. The van der Waals surface area contributed by atoms with Crippen LogP contribution in [0.3, 0.4) is 0 Å². The van der Waals surface area contributed by atoms with E-state index in [1.807, 2.05) is 6.92 Å². The van der Waals surface area contributed by atoms with Gasteiger partial charge in [-0.2, -0.15) is 0 Å². The molecule has 0 atom stereocenters. The van der Waals surface area contributed by atoms with Crippen LogP contribution >= 0.6 is 11.5 Å². The number of halogens is 1. The van der Waals surface area contributed by atoms with E-state index in [9.17, 15) is 14.0 Å². The third-order valence-corrected chi connectivity index (χ3v) is 4.05. The lowest BCUT2D eigenvalue weighted by atomic mass is 10.0. The van der Waals surface area contributed by atoms with Crippen molar-refractivity contribution < 1.29 is 19.1 Å². The molecule has 0 radical (unpaired) electrons. The number of benzene rings is 1. The van der Waals surface area contributed by atoms with E-state index < -0.39 is 17.7 Å². The number of carboxylic acids is 1. The average molecular weight is 322 g/mol. The summed E-state index contributed by atoms with van der Waals surface area (Å²) in [6.45, 7) is 1.96. The minimum absolute atomic E-state index is 0.0436. The maximum absolute atomic E-state index is 13.8. The maximum atomic E-state index is 13.8. The third kappa shape index (κ3) is 3.67. The molecule has 0 aliphatic carbocycles. The van der Waals surface area contributed by atoms with Crippen LogP contribution in [0.5, 0.6) is 0 Å². The molecule has 1 aromatic carbocycles. The molecule has 0 spiro atoms. The second-order valence-electron chi connectivity index (χ2n) is 4.61. The van der Waals surface area contributed by atoms with Gasteiger partial charge in [0.05, 0.1) is 12.0 Å². The highest BCUT2D eigenvalue weighted by Gasteiger charge is 2.15. The van der Waals surface area contributed by atoms with Crippen molar-refractivity contribution in [3.63, 3.8) is 0 Å². The molecule has 116 valence electrons. The van der Waals surface area contributed by atoms with Crippen molar-refractivity contribution in [3.8, 4) is 11.1 Å². The van der Waals surface area contributed by atoms with E-state index in [2.05, 4.69) is 9.69 Å². The highest BCUT2D eigenvalue weighted by atomic mass is 32.1. The van der Waals surface area contributed by atoms with E-state index in [0.717, 1.165) is 22.4 Å². The topological polar surface area (TPSA) is 79.3 Å². The molecule has 0 aliphatic heterocycles. The molecule has 2 N–H and O–H groups in total. The van der Waals surface area contributed by atoms with Crippen molar-refractivity contribution in [1.29, 1.82) is 0 Å². The van der Waals surface area contributed by atoms with E-state index >= 15 is 0 Å². The van der Waals surface area contributed by atoms with Crippen LogP contribution in [0.25, 0.3) is 11.1 Å². The fourth-order valence-corrected chi connectivity index (χ4v) is 2.68. The zero-order valence-corrected chi connectivity index (χ0v) is 12.7. The van der Waals surface area contributed by atoms with E-state index in [1.165, 1.54) is 23.7 Å². The number of carbonyl (C=O) groups is 2. The summed E-state index contributed by atoms with van der Waals surface area (Å²) in [6, 6.07) is 4.30. The lowest BCUT2D eigenvalue weighted by molar-refractivity contribution is -0.136. The number of amides is 1. The molecule has 0 aliphatic rings. The zero-order chi connectivity index (χ0) is 16.1. The maximum Gasteiger partial charge on any atom is 0.305 e. The second-order valence-corrected chi connectivity index (χ2v) is 5.50. The summed E-state index contributed by atoms with van der Waals surface area (Å²) in [7, 11) is 0. The molecule has 2 aromatic rings. The molecule has 0 bridgehead atoms. The Morgan fingerprint density at radius 3 is 2.86 bits per heavy atom. The van der Waals surface area contributed by atoms with Crippen molar-refractivity contribution in [2.24, 2.45) is 0 Å². The number of rotatable bonds is 6. The molecule has 5 nitrogen and oxygen atoms in total. The van der Waals surface area contributed by atoms with Gasteiger partial charge in [0.25, 0.3) is 5.91 Å². The van der Waals surface area contributed by atoms with Gasteiger partial charge < -0.3 is 10.4 Å². The van der Waals surface area contributed by atoms with Gasteiger partial charge in [-0.1, -0.05) is 13.0 Å². The average Bonchev–Trinajstić information content (AvgIpc) is 2.95. The van der Waals surface area contributed by atoms with Gasteiger partial charge in [-0.3, -0.25) is 9.59 Å². The van der Waals surface area contributed by atoms with Crippen LogP contribution < -0.4 is 5.32 Å². The van der Waals surface area contributed by atoms with Gasteiger partial charge in [0.15, 0.2) is 0 Å². The summed E-state index contributed by atoms with van der Waals surface area (Å²) in [4.78, 5) is 23.5. The predicted octanol–water partition coefficient (Wildman–Crippen LogP) is 2.72. The zero-order valence-electron chi connectivity index (χ0n) is 11.9. The van der Waals surface area contributed by atoms with Crippen LogP contribution in [0.15, 0.2) is 24.4 Å². The molecular formula is C15H15FN2O3S. The fourth-order valence-electron chi connectivity index (χ4n) is 2.00.